The highest BCUT2D eigenvalue weighted by Gasteiger charge is 2.27. The van der Waals surface area contributed by atoms with Gasteiger partial charge in [0, 0.05) is 87.4 Å². The Bertz CT molecular complexity index is 7570. The maximum atomic E-state index is 6.86. The number of furan rings is 2. The normalized spacial score (nSPS) is 12.2. The highest BCUT2D eigenvalue weighted by atomic mass is 16.3. The van der Waals surface area contributed by atoms with Gasteiger partial charge in [-0.2, -0.15) is 0 Å². The van der Waals surface area contributed by atoms with Gasteiger partial charge in [-0.3, -0.25) is 0 Å². The number of nitrogens with zero attached hydrogens (tertiary/aromatic N) is 4. The fourth-order valence-electron chi connectivity index (χ4n) is 17.8. The van der Waals surface area contributed by atoms with E-state index in [1.54, 1.807) is 0 Å². The van der Waals surface area contributed by atoms with Gasteiger partial charge in [-0.15, -0.1) is 0 Å². The number of hydrogen-bond acceptors (Lipinski definition) is 2. The molecule has 0 aliphatic carbocycles. The first-order chi connectivity index (χ1) is 52.0. The number of para-hydroxylation sites is 4. The smallest absolute Gasteiger partial charge is 0.241 e. The van der Waals surface area contributed by atoms with Crippen molar-refractivity contribution in [3.63, 3.8) is 0 Å². The van der Waals surface area contributed by atoms with Gasteiger partial charge in [-0.1, -0.05) is 247 Å². The Hall–Kier alpha value is -13.9. The van der Waals surface area contributed by atoms with Crippen LogP contribution in [0, 0.1) is 0 Å². The molecular formula is C98H59BN4O2. The molecule has 0 unspecified atom stereocenters. The van der Waals surface area contributed by atoms with Gasteiger partial charge in [0.15, 0.2) is 0 Å². The summed E-state index contributed by atoms with van der Waals surface area (Å²) >= 11 is 0. The van der Waals surface area contributed by atoms with Crippen molar-refractivity contribution in [2.45, 2.75) is 0 Å². The second-order valence-electron chi connectivity index (χ2n) is 28.3. The fraction of sp³-hybridized carbons (Fsp3) is 0. The van der Waals surface area contributed by atoms with Gasteiger partial charge in [0.1, 0.15) is 22.3 Å². The summed E-state index contributed by atoms with van der Waals surface area (Å²) in [7, 11) is 0. The van der Waals surface area contributed by atoms with Crippen molar-refractivity contribution in [1.82, 2.24) is 18.3 Å². The highest BCUT2D eigenvalue weighted by molar-refractivity contribution is 6.95. The summed E-state index contributed by atoms with van der Waals surface area (Å²) in [5, 5.41) is 18.8. The lowest BCUT2D eigenvalue weighted by Crippen LogP contribution is -2.52. The Balaban J connectivity index is 0.698. The molecule has 0 bridgehead atoms. The summed E-state index contributed by atoms with van der Waals surface area (Å²) in [6.07, 6.45) is 0. The zero-order valence-corrected chi connectivity index (χ0v) is 56.7. The molecule has 0 N–H and O–H groups in total. The molecule has 23 aromatic rings. The van der Waals surface area contributed by atoms with E-state index >= 15 is 0 Å². The third kappa shape index (κ3) is 8.73. The van der Waals surface area contributed by atoms with Gasteiger partial charge in [-0.25, -0.2) is 0 Å². The molecule has 0 atom stereocenters. The first-order valence-corrected chi connectivity index (χ1v) is 36.1. The monoisotopic (exact) mass is 1330 g/mol. The third-order valence-corrected chi connectivity index (χ3v) is 22.6. The van der Waals surface area contributed by atoms with Crippen molar-refractivity contribution in [3.05, 3.63) is 358 Å². The second kappa shape index (κ2) is 22.3. The largest absolute Gasteiger partial charge is 0.456 e. The van der Waals surface area contributed by atoms with Crippen LogP contribution < -0.4 is 16.4 Å². The Kier molecular flexibility index (Phi) is 12.3. The summed E-state index contributed by atoms with van der Waals surface area (Å²) in [4.78, 5) is 0. The molecule has 0 saturated carbocycles. The van der Waals surface area contributed by atoms with Crippen LogP contribution in [0.25, 0.3) is 198 Å². The standard InChI is InChI=1S/C98H59BN4O2/c1-3-23-68(24-4-1)99(69-25-5-2-6-26-69)70-50-66(64-37-45-93-83(54-64)85-56-73(41-47-95(85)104-93)101-88-32-16-14-30-78(88)82-58-81-77-29-13-15-31-87(77)100(91(81)59-92(82)101)71-39-35-60-19-7-9-21-62(60)52-71)49-67(51-70)65-38-46-94-84(55-65)86-57-74(42-48-96(86)105-94)103-90-34-18-12-28-76(90)80-44-43-79-75-27-11-17-33-89(75)102(97(79)98(80)103)72-40-36-61-20-8-10-22-63(61)53-72/h1-59H. The van der Waals surface area contributed by atoms with E-state index < -0.39 is 0 Å². The second-order valence-corrected chi connectivity index (χ2v) is 28.3. The van der Waals surface area contributed by atoms with Crippen LogP contribution in [0.1, 0.15) is 0 Å². The average molecular weight is 1340 g/mol. The predicted octanol–water partition coefficient (Wildman–Crippen LogP) is 24.0. The molecule has 0 aliphatic rings. The molecule has 0 fully saturated rings. The van der Waals surface area contributed by atoms with Gasteiger partial charge >= 0.3 is 0 Å². The maximum absolute atomic E-state index is 6.86. The summed E-state index contributed by atoms with van der Waals surface area (Å²) in [6.45, 7) is -0.0629. The Morgan fingerprint density at radius 3 is 1.00 bits per heavy atom. The predicted molar refractivity (Wildman–Crippen MR) is 442 cm³/mol. The molecule has 7 heteroatoms. The molecule has 17 aromatic carbocycles. The molecule has 105 heavy (non-hydrogen) atoms. The van der Waals surface area contributed by atoms with E-state index in [2.05, 4.69) is 376 Å². The lowest BCUT2D eigenvalue weighted by molar-refractivity contribution is 0.668. The minimum Gasteiger partial charge on any atom is -0.456 e. The van der Waals surface area contributed by atoms with Gasteiger partial charge in [0.25, 0.3) is 0 Å². The van der Waals surface area contributed by atoms with Crippen LogP contribution in [-0.2, 0) is 0 Å². The van der Waals surface area contributed by atoms with Gasteiger partial charge in [0.05, 0.1) is 44.1 Å². The fourth-order valence-corrected chi connectivity index (χ4v) is 17.8. The van der Waals surface area contributed by atoms with Crippen molar-refractivity contribution in [2.75, 3.05) is 0 Å². The summed E-state index contributed by atoms with van der Waals surface area (Å²) < 4.78 is 23.6. The van der Waals surface area contributed by atoms with Crippen molar-refractivity contribution < 1.29 is 8.83 Å². The number of benzene rings is 17. The van der Waals surface area contributed by atoms with E-state index in [9.17, 15) is 0 Å². The Morgan fingerprint density at radius 2 is 0.533 bits per heavy atom. The van der Waals surface area contributed by atoms with Crippen LogP contribution >= 0.6 is 0 Å². The van der Waals surface area contributed by atoms with Crippen molar-refractivity contribution >= 4 is 176 Å². The van der Waals surface area contributed by atoms with Crippen LogP contribution in [0.3, 0.4) is 0 Å². The van der Waals surface area contributed by atoms with Gasteiger partial charge in [0.2, 0.25) is 6.71 Å². The maximum Gasteiger partial charge on any atom is 0.241 e. The van der Waals surface area contributed by atoms with Crippen LogP contribution in [-0.4, -0.2) is 25.0 Å². The quantitative estimate of drug-likeness (QED) is 0.135. The van der Waals surface area contributed by atoms with Gasteiger partial charge < -0.3 is 27.1 Å². The Morgan fingerprint density at radius 1 is 0.181 bits per heavy atom. The zero-order valence-electron chi connectivity index (χ0n) is 56.7. The van der Waals surface area contributed by atoms with E-state index in [1.807, 2.05) is 0 Å². The van der Waals surface area contributed by atoms with Crippen LogP contribution in [0.2, 0.25) is 0 Å². The van der Waals surface area contributed by atoms with E-state index in [0.29, 0.717) is 0 Å². The SMILES string of the molecule is c1ccc(B(c2ccccc2)c2cc(-c3ccc4oc5ccc(-n6c7ccccc7c7cc8c9ccccc9n(-c9ccc%10ccccc%10c9)c8cc76)cc5c4c3)cc(-c3ccc4oc5ccc(-n6c7ccccc7c7ccc8c9ccccc9n(-c9ccc%10ccccc%10c9)c8c76)cc5c4c3)c2)cc1. The minimum atomic E-state index is -0.0629. The first-order valence-electron chi connectivity index (χ1n) is 36.1. The summed E-state index contributed by atoms with van der Waals surface area (Å²) in [5.41, 5.74) is 25.1. The molecule has 0 radical (unpaired) electrons. The first kappa shape index (κ1) is 57.8. The molecule has 486 valence electrons. The van der Waals surface area contributed by atoms with Crippen LogP contribution in [0.5, 0.6) is 0 Å². The average Bonchev–Trinajstić information content (AvgIpc) is 1.55. The van der Waals surface area contributed by atoms with Crippen molar-refractivity contribution in [3.8, 4) is 45.0 Å². The molecule has 0 amide bonds. The highest BCUT2D eigenvalue weighted by Crippen LogP contribution is 2.46. The number of fused-ring (bicyclic) bond motifs is 21. The summed E-state index contributed by atoms with van der Waals surface area (Å²) in [5.74, 6) is 0. The molecule has 6 aromatic heterocycles. The van der Waals surface area contributed by atoms with Crippen LogP contribution in [0.4, 0.5) is 0 Å². The summed E-state index contributed by atoms with van der Waals surface area (Å²) in [6, 6.07) is 132. The molecule has 0 spiro atoms. The topological polar surface area (TPSA) is 46.0 Å². The lowest BCUT2D eigenvalue weighted by atomic mass is 9.36. The Labute approximate surface area is 602 Å². The van der Waals surface area contributed by atoms with Crippen molar-refractivity contribution in [1.29, 1.82) is 0 Å². The number of rotatable bonds is 9. The van der Waals surface area contributed by atoms with Crippen molar-refractivity contribution in [2.24, 2.45) is 0 Å². The molecular weight excluding hydrogens is 1280 g/mol. The van der Waals surface area contributed by atoms with E-state index in [1.165, 1.54) is 97.6 Å². The van der Waals surface area contributed by atoms with E-state index in [-0.39, 0.29) is 6.71 Å². The van der Waals surface area contributed by atoms with Gasteiger partial charge in [-0.05, 0) is 171 Å². The van der Waals surface area contributed by atoms with E-state index in [4.69, 9.17) is 8.83 Å². The molecule has 0 aliphatic heterocycles. The molecule has 0 saturated heterocycles. The zero-order chi connectivity index (χ0) is 68.5. The lowest BCUT2D eigenvalue weighted by Gasteiger charge is -2.19. The number of hydrogen-bond donors (Lipinski definition) is 0. The van der Waals surface area contributed by atoms with Crippen LogP contribution in [0.15, 0.2) is 367 Å². The van der Waals surface area contributed by atoms with E-state index in [0.717, 1.165) is 116 Å². The number of aromatic nitrogens is 4. The minimum absolute atomic E-state index is 0.0629. The third-order valence-electron chi connectivity index (χ3n) is 22.6. The molecule has 6 nitrogen and oxygen atoms in total. The molecule has 6 heterocycles. The molecule has 23 rings (SSSR count).